The lowest BCUT2D eigenvalue weighted by Gasteiger charge is -1.99. The third-order valence-electron chi connectivity index (χ3n) is 3.87. The highest BCUT2D eigenvalue weighted by molar-refractivity contribution is 7.20. The molecule has 0 radical (unpaired) electrons. The van der Waals surface area contributed by atoms with E-state index in [0.717, 1.165) is 56.1 Å². The molecule has 3 aromatic rings. The standard InChI is InChI=1S/C18H22N4O2S2/c1-11(23)19-7-3-5-17-21-13-9-16-14(10-15(13)25-17)22-18(26-16)6-4-8-20-12(2)24/h9-10H,3-8H2,1-2H3,(H,19,23)(H,20,24). The molecule has 0 aliphatic heterocycles. The first-order valence-electron chi connectivity index (χ1n) is 8.69. The van der Waals surface area contributed by atoms with Crippen molar-refractivity contribution < 1.29 is 9.59 Å². The van der Waals surface area contributed by atoms with Crippen LogP contribution in [0.2, 0.25) is 0 Å². The summed E-state index contributed by atoms with van der Waals surface area (Å²) in [4.78, 5) is 31.2. The average molecular weight is 391 g/mol. The Labute approximate surface area is 160 Å². The molecule has 0 saturated carbocycles. The second-order valence-corrected chi connectivity index (χ2v) is 8.41. The number of rotatable bonds is 8. The maximum atomic E-state index is 10.9. The number of aromatic nitrogens is 2. The summed E-state index contributed by atoms with van der Waals surface area (Å²) in [5.74, 6) is 0.0157. The first-order valence-corrected chi connectivity index (χ1v) is 10.3. The van der Waals surface area contributed by atoms with E-state index in [1.54, 1.807) is 22.7 Å². The molecule has 0 aliphatic rings. The molecule has 0 atom stereocenters. The molecule has 2 amide bonds. The Bertz CT molecular complexity index is 809. The normalized spacial score (nSPS) is 11.2. The predicted octanol–water partition coefficient (Wildman–Crippen LogP) is 3.04. The van der Waals surface area contributed by atoms with Crippen molar-refractivity contribution in [3.8, 4) is 0 Å². The molecule has 1 aromatic carbocycles. The lowest BCUT2D eigenvalue weighted by Crippen LogP contribution is -2.21. The smallest absolute Gasteiger partial charge is 0.216 e. The minimum atomic E-state index is 0.00786. The molecule has 2 aromatic heterocycles. The summed E-state index contributed by atoms with van der Waals surface area (Å²) in [6, 6.07) is 4.24. The highest BCUT2D eigenvalue weighted by Gasteiger charge is 2.10. The Morgan fingerprint density at radius 3 is 1.65 bits per heavy atom. The van der Waals surface area contributed by atoms with Gasteiger partial charge in [-0.15, -0.1) is 22.7 Å². The molecule has 138 valence electrons. The van der Waals surface area contributed by atoms with Gasteiger partial charge in [0.2, 0.25) is 11.8 Å². The lowest BCUT2D eigenvalue weighted by molar-refractivity contribution is -0.119. The van der Waals surface area contributed by atoms with E-state index < -0.39 is 0 Å². The van der Waals surface area contributed by atoms with Crippen LogP contribution in [0, 0.1) is 0 Å². The van der Waals surface area contributed by atoms with E-state index in [-0.39, 0.29) is 11.8 Å². The van der Waals surface area contributed by atoms with Crippen LogP contribution >= 0.6 is 22.7 Å². The lowest BCUT2D eigenvalue weighted by atomic mass is 10.3. The Balaban J connectivity index is 1.64. The molecule has 0 saturated heterocycles. The minimum Gasteiger partial charge on any atom is -0.356 e. The maximum Gasteiger partial charge on any atom is 0.216 e. The third-order valence-corrected chi connectivity index (χ3v) is 6.02. The number of carbonyl (C=O) groups excluding carboxylic acids is 2. The second kappa shape index (κ2) is 8.55. The number of benzene rings is 1. The number of hydrogen-bond donors (Lipinski definition) is 2. The van der Waals surface area contributed by atoms with Gasteiger partial charge in [-0.05, 0) is 25.0 Å². The van der Waals surface area contributed by atoms with Crippen molar-refractivity contribution in [3.63, 3.8) is 0 Å². The van der Waals surface area contributed by atoms with Gasteiger partial charge in [-0.1, -0.05) is 0 Å². The zero-order valence-corrected chi connectivity index (χ0v) is 16.6. The van der Waals surface area contributed by atoms with Crippen LogP contribution in [0.5, 0.6) is 0 Å². The molecule has 8 heteroatoms. The van der Waals surface area contributed by atoms with Crippen molar-refractivity contribution in [1.29, 1.82) is 0 Å². The van der Waals surface area contributed by atoms with E-state index in [0.29, 0.717) is 13.1 Å². The van der Waals surface area contributed by atoms with Gasteiger partial charge in [0.1, 0.15) is 0 Å². The van der Waals surface area contributed by atoms with E-state index in [2.05, 4.69) is 22.8 Å². The largest absolute Gasteiger partial charge is 0.356 e. The van der Waals surface area contributed by atoms with Crippen LogP contribution in [0.1, 0.15) is 36.7 Å². The predicted molar refractivity (Wildman–Crippen MR) is 107 cm³/mol. The summed E-state index contributed by atoms with van der Waals surface area (Å²) in [6.45, 7) is 4.44. The molecule has 0 spiro atoms. The molecule has 0 bridgehead atoms. The minimum absolute atomic E-state index is 0.00786. The molecule has 6 nitrogen and oxygen atoms in total. The van der Waals surface area contributed by atoms with Gasteiger partial charge in [0, 0.05) is 39.8 Å². The van der Waals surface area contributed by atoms with Gasteiger partial charge in [-0.25, -0.2) is 9.97 Å². The van der Waals surface area contributed by atoms with Crippen LogP contribution < -0.4 is 10.6 Å². The molecule has 3 rings (SSSR count). The third kappa shape index (κ3) is 4.98. The zero-order chi connectivity index (χ0) is 18.5. The summed E-state index contributed by atoms with van der Waals surface area (Å²) in [5.41, 5.74) is 2.04. The summed E-state index contributed by atoms with van der Waals surface area (Å²) in [5, 5.41) is 7.81. The van der Waals surface area contributed by atoms with E-state index in [1.165, 1.54) is 13.8 Å². The van der Waals surface area contributed by atoms with E-state index in [9.17, 15) is 9.59 Å². The van der Waals surface area contributed by atoms with Crippen LogP contribution in [0.15, 0.2) is 12.1 Å². The molecule has 2 heterocycles. The van der Waals surface area contributed by atoms with Gasteiger partial charge < -0.3 is 10.6 Å². The molecular weight excluding hydrogens is 368 g/mol. The first kappa shape index (κ1) is 18.7. The van der Waals surface area contributed by atoms with Gasteiger partial charge in [0.25, 0.3) is 0 Å². The summed E-state index contributed by atoms with van der Waals surface area (Å²) in [6.07, 6.45) is 3.53. The van der Waals surface area contributed by atoms with Gasteiger partial charge in [0.15, 0.2) is 0 Å². The van der Waals surface area contributed by atoms with E-state index in [4.69, 9.17) is 9.97 Å². The Morgan fingerprint density at radius 1 is 0.846 bits per heavy atom. The summed E-state index contributed by atoms with van der Waals surface area (Å²) < 4.78 is 2.31. The number of aryl methyl sites for hydroxylation is 2. The Kier molecular flexibility index (Phi) is 6.16. The van der Waals surface area contributed by atoms with Crippen LogP contribution in [-0.4, -0.2) is 34.9 Å². The van der Waals surface area contributed by atoms with Gasteiger partial charge in [0.05, 0.1) is 30.4 Å². The second-order valence-electron chi connectivity index (χ2n) is 6.18. The molecule has 26 heavy (non-hydrogen) atoms. The van der Waals surface area contributed by atoms with Crippen molar-refractivity contribution in [2.24, 2.45) is 0 Å². The number of nitrogens with one attached hydrogen (secondary N) is 2. The fourth-order valence-electron chi connectivity index (χ4n) is 2.67. The van der Waals surface area contributed by atoms with Crippen LogP contribution in [-0.2, 0) is 22.4 Å². The number of amides is 2. The Morgan fingerprint density at radius 2 is 1.27 bits per heavy atom. The van der Waals surface area contributed by atoms with Crippen LogP contribution in [0.25, 0.3) is 20.4 Å². The van der Waals surface area contributed by atoms with Crippen LogP contribution in [0.4, 0.5) is 0 Å². The highest BCUT2D eigenvalue weighted by Crippen LogP contribution is 2.31. The average Bonchev–Trinajstić information content (AvgIpc) is 3.15. The van der Waals surface area contributed by atoms with Gasteiger partial charge >= 0.3 is 0 Å². The van der Waals surface area contributed by atoms with Gasteiger partial charge in [-0.2, -0.15) is 0 Å². The topological polar surface area (TPSA) is 84.0 Å². The molecule has 0 unspecified atom stereocenters. The van der Waals surface area contributed by atoms with Crippen LogP contribution in [0.3, 0.4) is 0 Å². The quantitative estimate of drug-likeness (QED) is 0.579. The fourth-order valence-corrected chi connectivity index (χ4v) is 4.71. The monoisotopic (exact) mass is 390 g/mol. The van der Waals surface area contributed by atoms with Crippen molar-refractivity contribution in [3.05, 3.63) is 22.1 Å². The molecule has 0 aliphatic carbocycles. The molecule has 0 fully saturated rings. The fraction of sp³-hybridized carbons (Fsp3) is 0.444. The summed E-state index contributed by atoms with van der Waals surface area (Å²) in [7, 11) is 0. The highest BCUT2D eigenvalue weighted by atomic mass is 32.1. The first-order chi connectivity index (χ1) is 12.5. The summed E-state index contributed by atoms with van der Waals surface area (Å²) >= 11 is 3.40. The Hall–Kier alpha value is -2.06. The number of hydrogen-bond acceptors (Lipinski definition) is 6. The number of fused-ring (bicyclic) bond motifs is 2. The van der Waals surface area contributed by atoms with E-state index >= 15 is 0 Å². The zero-order valence-electron chi connectivity index (χ0n) is 14.9. The van der Waals surface area contributed by atoms with Crippen molar-refractivity contribution in [1.82, 2.24) is 20.6 Å². The van der Waals surface area contributed by atoms with Crippen molar-refractivity contribution in [2.45, 2.75) is 39.5 Å². The number of nitrogens with zero attached hydrogens (tertiary/aromatic N) is 2. The van der Waals surface area contributed by atoms with Crippen molar-refractivity contribution >= 4 is 54.9 Å². The SMILES string of the molecule is CC(=O)NCCCc1nc2cc3sc(CCCNC(C)=O)nc3cc2s1. The maximum absolute atomic E-state index is 10.9. The van der Waals surface area contributed by atoms with E-state index in [1.807, 2.05) is 0 Å². The molecule has 2 N–H and O–H groups in total. The number of carbonyl (C=O) groups is 2. The van der Waals surface area contributed by atoms with Gasteiger partial charge in [-0.3, -0.25) is 9.59 Å². The van der Waals surface area contributed by atoms with Crippen molar-refractivity contribution in [2.75, 3.05) is 13.1 Å². The number of thiazole rings is 2. The molecular formula is C18H22N4O2S2.